The minimum atomic E-state index is -0.718. The summed E-state index contributed by atoms with van der Waals surface area (Å²) < 4.78 is 0. The number of hydrogen-bond donors (Lipinski definition) is 0. The maximum Gasteiger partial charge on any atom is 0.250 e. The van der Waals surface area contributed by atoms with E-state index in [0.717, 1.165) is 12.1 Å². The molecule has 5 rings (SSSR count). The summed E-state index contributed by atoms with van der Waals surface area (Å²) in [6.07, 6.45) is 2.05. The Hall–Kier alpha value is -3.35. The molecule has 2 aromatic carbocycles. The molecule has 2 atom stereocenters. The minimum absolute atomic E-state index is 0.00698. The van der Waals surface area contributed by atoms with Crippen LogP contribution in [0.4, 0.5) is 5.69 Å². The normalized spacial score (nSPS) is 22.7. The van der Waals surface area contributed by atoms with E-state index in [9.17, 15) is 14.4 Å². The third-order valence-electron chi connectivity index (χ3n) is 8.26. The van der Waals surface area contributed by atoms with E-state index >= 15 is 0 Å². The Balaban J connectivity index is 1.31. The molecule has 190 valence electrons. The van der Waals surface area contributed by atoms with Crippen molar-refractivity contribution in [2.45, 2.75) is 44.6 Å². The van der Waals surface area contributed by atoms with Crippen molar-refractivity contribution in [3.8, 4) is 0 Å². The molecule has 7 nitrogen and oxygen atoms in total. The van der Waals surface area contributed by atoms with Crippen molar-refractivity contribution in [2.75, 3.05) is 44.3 Å². The molecule has 2 aromatic rings. The molecule has 0 aromatic heterocycles. The number of piperidine rings is 1. The molecule has 0 N–H and O–H groups in total. The van der Waals surface area contributed by atoms with Crippen LogP contribution in [0.3, 0.4) is 0 Å². The first-order valence-electron chi connectivity index (χ1n) is 13.2. The Bertz CT molecular complexity index is 1090. The predicted octanol–water partition coefficient (Wildman–Crippen LogP) is 3.33. The summed E-state index contributed by atoms with van der Waals surface area (Å²) in [5.41, 5.74) is 1.50. The Kier molecular flexibility index (Phi) is 6.73. The van der Waals surface area contributed by atoms with Gasteiger partial charge in [-0.1, -0.05) is 48.5 Å². The summed E-state index contributed by atoms with van der Waals surface area (Å²) in [4.78, 5) is 47.6. The maximum atomic E-state index is 13.9. The van der Waals surface area contributed by atoms with Crippen molar-refractivity contribution in [2.24, 2.45) is 5.92 Å². The average Bonchev–Trinajstić information content (AvgIpc) is 3.68. The predicted molar refractivity (Wildman–Crippen MR) is 139 cm³/mol. The highest BCUT2D eigenvalue weighted by molar-refractivity contribution is 5.96. The third kappa shape index (κ3) is 4.36. The van der Waals surface area contributed by atoms with Crippen LogP contribution in [0.15, 0.2) is 60.7 Å². The molecule has 1 saturated carbocycles. The number of likely N-dealkylation sites (tertiary alicyclic amines) is 1. The first-order chi connectivity index (χ1) is 17.5. The van der Waals surface area contributed by atoms with Crippen molar-refractivity contribution in [3.63, 3.8) is 0 Å². The van der Waals surface area contributed by atoms with Gasteiger partial charge in [0.15, 0.2) is 0 Å². The number of anilines is 1. The summed E-state index contributed by atoms with van der Waals surface area (Å²) in [6, 6.07) is 20.2. The molecule has 1 spiro atoms. The monoisotopic (exact) mass is 488 g/mol. The van der Waals surface area contributed by atoms with Gasteiger partial charge in [-0.3, -0.25) is 14.4 Å². The van der Waals surface area contributed by atoms with E-state index in [-0.39, 0.29) is 30.2 Å². The minimum Gasteiger partial charge on any atom is -0.342 e. The van der Waals surface area contributed by atoms with Gasteiger partial charge in [0.2, 0.25) is 11.8 Å². The van der Waals surface area contributed by atoms with Gasteiger partial charge in [0.1, 0.15) is 12.1 Å². The molecule has 1 aliphatic carbocycles. The van der Waals surface area contributed by atoms with Crippen molar-refractivity contribution >= 4 is 23.4 Å². The molecule has 3 aliphatic rings. The highest BCUT2D eigenvalue weighted by Gasteiger charge is 2.55. The number of likely N-dealkylation sites (N-methyl/N-ethyl adjacent to an activating group) is 1. The first-order valence-corrected chi connectivity index (χ1v) is 13.2. The summed E-state index contributed by atoms with van der Waals surface area (Å²) in [7, 11) is 0. The van der Waals surface area contributed by atoms with Gasteiger partial charge >= 0.3 is 0 Å². The molecule has 36 heavy (non-hydrogen) atoms. The van der Waals surface area contributed by atoms with Gasteiger partial charge in [-0.15, -0.1) is 0 Å². The zero-order chi connectivity index (χ0) is 25.3. The van der Waals surface area contributed by atoms with Crippen LogP contribution in [0.25, 0.3) is 0 Å². The van der Waals surface area contributed by atoms with E-state index in [4.69, 9.17) is 0 Å². The van der Waals surface area contributed by atoms with E-state index in [1.807, 2.05) is 67.3 Å². The molecule has 3 fully saturated rings. The second kappa shape index (κ2) is 9.96. The van der Waals surface area contributed by atoms with Crippen LogP contribution >= 0.6 is 0 Å². The van der Waals surface area contributed by atoms with Crippen molar-refractivity contribution in [1.82, 2.24) is 14.7 Å². The number of hydrogen-bond acceptors (Lipinski definition) is 4. The number of carbonyl (C=O) groups excluding carboxylic acids is 3. The van der Waals surface area contributed by atoms with Crippen LogP contribution in [0.1, 0.15) is 44.6 Å². The summed E-state index contributed by atoms with van der Waals surface area (Å²) >= 11 is 0. The smallest absolute Gasteiger partial charge is 0.250 e. The molecule has 0 radical (unpaired) electrons. The fourth-order valence-electron chi connectivity index (χ4n) is 6.03. The van der Waals surface area contributed by atoms with Crippen molar-refractivity contribution in [3.05, 3.63) is 66.2 Å². The Morgan fingerprint density at radius 2 is 1.56 bits per heavy atom. The van der Waals surface area contributed by atoms with E-state index in [0.29, 0.717) is 51.6 Å². The summed E-state index contributed by atoms with van der Waals surface area (Å²) in [6.45, 7) is 6.78. The van der Waals surface area contributed by atoms with Gasteiger partial charge in [-0.25, -0.2) is 0 Å². The molecule has 2 heterocycles. The van der Waals surface area contributed by atoms with Gasteiger partial charge < -0.3 is 19.6 Å². The van der Waals surface area contributed by atoms with E-state index in [1.54, 1.807) is 9.80 Å². The zero-order valence-electron chi connectivity index (χ0n) is 21.3. The Labute approximate surface area is 213 Å². The van der Waals surface area contributed by atoms with Crippen LogP contribution in [-0.4, -0.2) is 77.4 Å². The van der Waals surface area contributed by atoms with Crippen molar-refractivity contribution in [1.29, 1.82) is 0 Å². The number of carbonyl (C=O) groups is 3. The van der Waals surface area contributed by atoms with Gasteiger partial charge in [-0.05, 0) is 56.7 Å². The van der Waals surface area contributed by atoms with Crippen LogP contribution in [0.2, 0.25) is 0 Å². The highest BCUT2D eigenvalue weighted by atomic mass is 16.2. The van der Waals surface area contributed by atoms with Crippen LogP contribution in [0.5, 0.6) is 0 Å². The lowest BCUT2D eigenvalue weighted by Gasteiger charge is -2.43. The quantitative estimate of drug-likeness (QED) is 0.600. The Morgan fingerprint density at radius 3 is 2.17 bits per heavy atom. The highest BCUT2D eigenvalue weighted by Crippen LogP contribution is 2.49. The molecule has 0 bridgehead atoms. The SMILES string of the molecule is CCN(CC)C(=O)CN1CN(c2ccccc2)C2(CCN(C(=O)C3CC3c3ccccc3)CC2)C1=O. The largest absolute Gasteiger partial charge is 0.342 e. The van der Waals surface area contributed by atoms with Crippen LogP contribution in [-0.2, 0) is 14.4 Å². The number of rotatable bonds is 7. The number of nitrogens with zero attached hydrogens (tertiary/aromatic N) is 4. The average molecular weight is 489 g/mol. The van der Waals surface area contributed by atoms with E-state index in [2.05, 4.69) is 17.0 Å². The zero-order valence-corrected chi connectivity index (χ0v) is 21.3. The fraction of sp³-hybridized carbons (Fsp3) is 0.483. The van der Waals surface area contributed by atoms with E-state index in [1.165, 1.54) is 5.56 Å². The molecule has 2 unspecified atom stereocenters. The number of para-hydroxylation sites is 1. The first kappa shape index (κ1) is 24.3. The van der Waals surface area contributed by atoms with Crippen LogP contribution < -0.4 is 4.90 Å². The maximum absolute atomic E-state index is 13.9. The van der Waals surface area contributed by atoms with Gasteiger partial charge in [0.25, 0.3) is 5.91 Å². The molecule has 2 saturated heterocycles. The number of amides is 3. The molecule has 2 aliphatic heterocycles. The second-order valence-corrected chi connectivity index (χ2v) is 10.2. The molecule has 7 heteroatoms. The van der Waals surface area contributed by atoms with E-state index < -0.39 is 5.54 Å². The standard InChI is InChI=1S/C29H36N4O3/c1-3-30(4-2)26(34)20-32-21-33(23-13-9-6-10-14-23)29(28(32)36)15-17-31(18-16-29)27(35)25-19-24(25)22-11-7-5-8-12-22/h5-14,24-25H,3-4,15-21H2,1-2H3. The summed E-state index contributed by atoms with van der Waals surface area (Å²) in [5, 5.41) is 0. The lowest BCUT2D eigenvalue weighted by Crippen LogP contribution is -2.57. The van der Waals surface area contributed by atoms with Crippen molar-refractivity contribution < 1.29 is 14.4 Å². The van der Waals surface area contributed by atoms with Crippen LogP contribution in [0, 0.1) is 5.92 Å². The second-order valence-electron chi connectivity index (χ2n) is 10.2. The topological polar surface area (TPSA) is 64.2 Å². The summed E-state index contributed by atoms with van der Waals surface area (Å²) in [5.74, 6) is 0.558. The van der Waals surface area contributed by atoms with Gasteiger partial charge in [-0.2, -0.15) is 0 Å². The fourth-order valence-corrected chi connectivity index (χ4v) is 6.03. The molecule has 3 amide bonds. The number of benzene rings is 2. The third-order valence-corrected chi connectivity index (χ3v) is 8.26. The Morgan fingerprint density at radius 1 is 0.944 bits per heavy atom. The van der Waals surface area contributed by atoms with Gasteiger partial charge in [0.05, 0.1) is 6.67 Å². The molecular formula is C29H36N4O3. The molecular weight excluding hydrogens is 452 g/mol. The lowest BCUT2D eigenvalue weighted by atomic mass is 9.85. The van der Waals surface area contributed by atoms with Gasteiger partial charge in [0, 0.05) is 37.8 Å². The lowest BCUT2D eigenvalue weighted by molar-refractivity contribution is -0.142.